The van der Waals surface area contributed by atoms with Crippen LogP contribution in [-0.4, -0.2) is 27.0 Å². The van der Waals surface area contributed by atoms with Gasteiger partial charge in [0.15, 0.2) is 0 Å². The highest BCUT2D eigenvalue weighted by Gasteiger charge is 2.22. The molecule has 1 fully saturated rings. The summed E-state index contributed by atoms with van der Waals surface area (Å²) >= 11 is 0. The number of rotatable bonds is 7. The molecule has 138 valence electrons. The highest BCUT2D eigenvalue weighted by Crippen LogP contribution is 2.29. The number of ether oxygens (including phenoxy) is 1. The van der Waals surface area contributed by atoms with Gasteiger partial charge >= 0.3 is 0 Å². The first-order chi connectivity index (χ1) is 13.2. The number of nitrogens with zero attached hydrogens (tertiary/aromatic N) is 3. The third-order valence-corrected chi connectivity index (χ3v) is 4.50. The van der Waals surface area contributed by atoms with Gasteiger partial charge in [0.1, 0.15) is 6.54 Å². The lowest BCUT2D eigenvalue weighted by Crippen LogP contribution is -2.32. The summed E-state index contributed by atoms with van der Waals surface area (Å²) in [7, 11) is 0. The van der Waals surface area contributed by atoms with Crippen molar-refractivity contribution in [1.29, 1.82) is 0 Å². The summed E-state index contributed by atoms with van der Waals surface area (Å²) in [5, 5.41) is 3.29. The first-order valence-corrected chi connectivity index (χ1v) is 8.97. The summed E-state index contributed by atoms with van der Waals surface area (Å²) < 4.78 is 6.90. The first-order valence-electron chi connectivity index (χ1n) is 8.97. The van der Waals surface area contributed by atoms with Crippen LogP contribution in [0.1, 0.15) is 18.4 Å². The van der Waals surface area contributed by atoms with Crippen LogP contribution in [0.2, 0.25) is 0 Å². The molecule has 1 aliphatic carbocycles. The van der Waals surface area contributed by atoms with Gasteiger partial charge in [-0.15, -0.1) is 0 Å². The number of nitrogens with one attached hydrogen (secondary N) is 1. The number of aromatic nitrogens is 3. The zero-order chi connectivity index (χ0) is 18.6. The summed E-state index contributed by atoms with van der Waals surface area (Å²) in [6, 6.07) is 10.8. The molecule has 2 heterocycles. The standard InChI is InChI=1S/C20H20N4O3/c25-18(11-24-13-23-17-4-2-1-3-16(17)20(24)26)21-9-15-7-8-19(22-10-15)27-12-14-5-6-14/h1-4,7-8,10,13-14H,5-6,9,11-12H2,(H,21,25). The number of carbonyl (C=O) groups is 1. The Kier molecular flexibility index (Phi) is 4.82. The molecule has 0 unspecified atom stereocenters. The number of amides is 1. The number of benzene rings is 1. The maximum atomic E-state index is 12.4. The van der Waals surface area contributed by atoms with Gasteiger partial charge in [-0.2, -0.15) is 0 Å². The minimum absolute atomic E-state index is 0.0767. The van der Waals surface area contributed by atoms with Gasteiger partial charge in [-0.1, -0.05) is 18.2 Å². The summed E-state index contributed by atoms with van der Waals surface area (Å²) in [5.41, 5.74) is 1.26. The second kappa shape index (κ2) is 7.57. The van der Waals surface area contributed by atoms with Crippen LogP contribution in [0.15, 0.2) is 53.7 Å². The number of hydrogen-bond acceptors (Lipinski definition) is 5. The van der Waals surface area contributed by atoms with E-state index in [0.29, 0.717) is 29.2 Å². The Balaban J connectivity index is 1.33. The highest BCUT2D eigenvalue weighted by atomic mass is 16.5. The van der Waals surface area contributed by atoms with Crippen LogP contribution in [0, 0.1) is 5.92 Å². The van der Waals surface area contributed by atoms with Crippen molar-refractivity contribution in [2.45, 2.75) is 25.9 Å². The average Bonchev–Trinajstić information content (AvgIpc) is 3.52. The lowest BCUT2D eigenvalue weighted by molar-refractivity contribution is -0.121. The Morgan fingerprint density at radius 2 is 2.04 bits per heavy atom. The molecule has 3 aromatic rings. The average molecular weight is 364 g/mol. The third-order valence-electron chi connectivity index (χ3n) is 4.50. The largest absolute Gasteiger partial charge is 0.477 e. The predicted octanol–water partition coefficient (Wildman–Crippen LogP) is 1.90. The molecule has 1 N–H and O–H groups in total. The van der Waals surface area contributed by atoms with Crippen LogP contribution in [0.25, 0.3) is 10.9 Å². The van der Waals surface area contributed by atoms with Crippen LogP contribution in [0.5, 0.6) is 5.88 Å². The van der Waals surface area contributed by atoms with Crippen molar-refractivity contribution in [3.8, 4) is 5.88 Å². The molecule has 2 aromatic heterocycles. The Bertz CT molecular complexity index is 1010. The molecule has 0 bridgehead atoms. The summed E-state index contributed by atoms with van der Waals surface area (Å²) in [6.45, 7) is 0.981. The van der Waals surface area contributed by atoms with Crippen molar-refractivity contribution < 1.29 is 9.53 Å². The fourth-order valence-electron chi connectivity index (χ4n) is 2.72. The van der Waals surface area contributed by atoms with Gasteiger partial charge in [0, 0.05) is 18.8 Å². The molecule has 0 saturated heterocycles. The maximum Gasteiger partial charge on any atom is 0.261 e. The van der Waals surface area contributed by atoms with E-state index in [-0.39, 0.29) is 18.0 Å². The minimum atomic E-state index is -0.261. The van der Waals surface area contributed by atoms with Gasteiger partial charge < -0.3 is 10.1 Å². The number of hydrogen-bond donors (Lipinski definition) is 1. The smallest absolute Gasteiger partial charge is 0.261 e. The van der Waals surface area contributed by atoms with Gasteiger partial charge in [-0.25, -0.2) is 9.97 Å². The van der Waals surface area contributed by atoms with Gasteiger partial charge in [0.25, 0.3) is 5.56 Å². The molecule has 7 heteroatoms. The molecular weight excluding hydrogens is 344 g/mol. The Morgan fingerprint density at radius 1 is 1.19 bits per heavy atom. The molecule has 0 radical (unpaired) electrons. The van der Waals surface area contributed by atoms with Crippen molar-refractivity contribution in [3.05, 3.63) is 64.8 Å². The highest BCUT2D eigenvalue weighted by molar-refractivity contribution is 5.78. The van der Waals surface area contributed by atoms with E-state index in [1.165, 1.54) is 23.7 Å². The monoisotopic (exact) mass is 364 g/mol. The van der Waals surface area contributed by atoms with E-state index in [9.17, 15) is 9.59 Å². The van der Waals surface area contributed by atoms with Gasteiger partial charge in [0.2, 0.25) is 11.8 Å². The van der Waals surface area contributed by atoms with Crippen LogP contribution in [-0.2, 0) is 17.9 Å². The van der Waals surface area contributed by atoms with Crippen LogP contribution >= 0.6 is 0 Å². The molecule has 7 nitrogen and oxygen atoms in total. The zero-order valence-corrected chi connectivity index (χ0v) is 14.8. The summed E-state index contributed by atoms with van der Waals surface area (Å²) in [4.78, 5) is 33.1. The molecule has 1 saturated carbocycles. The van der Waals surface area contributed by atoms with E-state index in [4.69, 9.17) is 4.74 Å². The van der Waals surface area contributed by atoms with E-state index < -0.39 is 0 Å². The molecule has 0 atom stereocenters. The van der Waals surface area contributed by atoms with Crippen LogP contribution in [0.4, 0.5) is 0 Å². The molecular formula is C20H20N4O3. The molecule has 27 heavy (non-hydrogen) atoms. The molecule has 0 spiro atoms. The first kappa shape index (κ1) is 17.2. The SMILES string of the molecule is O=C(Cn1cnc2ccccc2c1=O)NCc1ccc(OCC2CC2)nc1. The van der Waals surface area contributed by atoms with E-state index in [1.807, 2.05) is 18.2 Å². The molecule has 1 aromatic carbocycles. The van der Waals surface area contributed by atoms with E-state index in [1.54, 1.807) is 24.4 Å². The fraction of sp³-hybridized carbons (Fsp3) is 0.300. The van der Waals surface area contributed by atoms with E-state index >= 15 is 0 Å². The quantitative estimate of drug-likeness (QED) is 0.692. The zero-order valence-electron chi connectivity index (χ0n) is 14.8. The van der Waals surface area contributed by atoms with Crippen molar-refractivity contribution >= 4 is 16.8 Å². The predicted molar refractivity (Wildman–Crippen MR) is 100 cm³/mol. The Labute approximate surface area is 156 Å². The topological polar surface area (TPSA) is 86.1 Å². The minimum Gasteiger partial charge on any atom is -0.477 e. The van der Waals surface area contributed by atoms with Crippen molar-refractivity contribution in [1.82, 2.24) is 19.9 Å². The second-order valence-electron chi connectivity index (χ2n) is 6.73. The molecule has 4 rings (SSSR count). The van der Waals surface area contributed by atoms with E-state index in [0.717, 1.165) is 12.2 Å². The van der Waals surface area contributed by atoms with Crippen LogP contribution in [0.3, 0.4) is 0 Å². The van der Waals surface area contributed by atoms with Gasteiger partial charge in [0.05, 0.1) is 23.8 Å². The van der Waals surface area contributed by atoms with Crippen LogP contribution < -0.4 is 15.6 Å². The van der Waals surface area contributed by atoms with Crippen molar-refractivity contribution in [3.63, 3.8) is 0 Å². The Hall–Kier alpha value is -3.22. The molecule has 0 aliphatic heterocycles. The van der Waals surface area contributed by atoms with Crippen molar-refractivity contribution in [2.75, 3.05) is 6.61 Å². The Morgan fingerprint density at radius 3 is 2.81 bits per heavy atom. The second-order valence-corrected chi connectivity index (χ2v) is 6.73. The normalized spacial score (nSPS) is 13.5. The third kappa shape index (κ3) is 4.31. The number of carbonyl (C=O) groups excluding carboxylic acids is 1. The van der Waals surface area contributed by atoms with Crippen molar-refractivity contribution in [2.24, 2.45) is 5.92 Å². The van der Waals surface area contributed by atoms with E-state index in [2.05, 4.69) is 15.3 Å². The lowest BCUT2D eigenvalue weighted by atomic mass is 10.2. The number of pyridine rings is 1. The molecule has 1 aliphatic rings. The summed E-state index contributed by atoms with van der Waals surface area (Å²) in [6.07, 6.45) is 5.56. The fourth-order valence-corrected chi connectivity index (χ4v) is 2.72. The number of fused-ring (bicyclic) bond motifs is 1. The summed E-state index contributed by atoms with van der Waals surface area (Å²) in [5.74, 6) is 1.02. The maximum absolute atomic E-state index is 12.4. The lowest BCUT2D eigenvalue weighted by Gasteiger charge is -2.09. The van der Waals surface area contributed by atoms with Gasteiger partial charge in [-0.3, -0.25) is 14.2 Å². The number of para-hydroxylation sites is 1. The van der Waals surface area contributed by atoms with Gasteiger partial charge in [-0.05, 0) is 36.5 Å². The molecule has 1 amide bonds.